The predicted octanol–water partition coefficient (Wildman–Crippen LogP) is 5.74. The first-order chi connectivity index (χ1) is 17.3. The number of nitrogens with one attached hydrogen (secondary N) is 1. The van der Waals surface area contributed by atoms with Crippen molar-refractivity contribution in [2.75, 3.05) is 12.4 Å². The van der Waals surface area contributed by atoms with Crippen LogP contribution in [0.5, 0.6) is 5.75 Å². The second-order valence-corrected chi connectivity index (χ2v) is 9.41. The lowest BCUT2D eigenvalue weighted by molar-refractivity contribution is -0.145. The summed E-state index contributed by atoms with van der Waals surface area (Å²) in [4.78, 5) is 20.2. The molecule has 2 aromatic carbocycles. The number of benzene rings is 2. The van der Waals surface area contributed by atoms with E-state index in [1.165, 1.54) is 20.1 Å². The Bertz CT molecular complexity index is 1340. The molecular weight excluding hydrogens is 494 g/mol. The van der Waals surface area contributed by atoms with Gasteiger partial charge in [0.05, 0.1) is 35.8 Å². The number of hydrogen-bond acceptors (Lipinski definition) is 6. The molecule has 0 amide bonds. The summed E-state index contributed by atoms with van der Waals surface area (Å²) in [6.45, 7) is 3.16. The third-order valence-electron chi connectivity index (χ3n) is 6.95. The average Bonchev–Trinajstić information content (AvgIpc) is 2.82. The van der Waals surface area contributed by atoms with Gasteiger partial charge in [0, 0.05) is 22.6 Å². The number of aromatic nitrogens is 2. The van der Waals surface area contributed by atoms with Crippen LogP contribution in [0.1, 0.15) is 61.2 Å². The highest BCUT2D eigenvalue weighted by Crippen LogP contribution is 2.45. The third kappa shape index (κ3) is 5.18. The van der Waals surface area contributed by atoms with Crippen molar-refractivity contribution in [3.05, 3.63) is 58.7 Å². The third-order valence-corrected chi connectivity index (χ3v) is 6.95. The second kappa shape index (κ2) is 9.77. The van der Waals surface area contributed by atoms with Crippen molar-refractivity contribution < 1.29 is 37.3 Å². The van der Waals surface area contributed by atoms with Gasteiger partial charge in [0.25, 0.3) is 0 Å². The quantitative estimate of drug-likeness (QED) is 0.355. The molecule has 1 aliphatic carbocycles. The zero-order valence-electron chi connectivity index (χ0n) is 20.5. The fraction of sp³-hybridized carbons (Fsp3) is 0.423. The highest BCUT2D eigenvalue weighted by Gasteiger charge is 2.39. The SMILES string of the molecule is COc1cc2nc(C)nc(N[C@H](C)c3cccc(C(F)(F)F)c3F)c2cc1C1(O)CCC(C(=O)O)CC1. The standard InChI is InChI=1S/C26H27F4N3O4/c1-13(16-5-4-6-18(22(16)27)26(28,29)30)31-23-17-11-19(21(37-3)12-20(17)32-14(2)33-23)25(36)9-7-15(8-10-25)24(34)35/h4-6,11-13,15,36H,7-10H2,1-3H3,(H,34,35)(H,31,32,33)/t13-,15?,25?/m1/s1. The molecule has 37 heavy (non-hydrogen) atoms. The van der Waals surface area contributed by atoms with Crippen LogP contribution in [0.15, 0.2) is 30.3 Å². The van der Waals surface area contributed by atoms with Gasteiger partial charge in [-0.15, -0.1) is 0 Å². The van der Waals surface area contributed by atoms with E-state index in [1.807, 2.05) is 0 Å². The lowest BCUT2D eigenvalue weighted by atomic mass is 9.74. The number of aryl methyl sites for hydroxylation is 1. The van der Waals surface area contributed by atoms with Crippen LogP contribution in [-0.2, 0) is 16.6 Å². The van der Waals surface area contributed by atoms with Gasteiger partial charge in [0.2, 0.25) is 0 Å². The van der Waals surface area contributed by atoms with Crippen LogP contribution in [0.2, 0.25) is 0 Å². The number of halogens is 4. The first-order valence-electron chi connectivity index (χ1n) is 11.8. The molecule has 1 aliphatic rings. The van der Waals surface area contributed by atoms with Gasteiger partial charge in [-0.1, -0.05) is 12.1 Å². The van der Waals surface area contributed by atoms with Gasteiger partial charge in [-0.25, -0.2) is 14.4 Å². The van der Waals surface area contributed by atoms with Gasteiger partial charge >= 0.3 is 12.1 Å². The number of ether oxygens (including phenoxy) is 1. The van der Waals surface area contributed by atoms with Crippen molar-refractivity contribution in [3.8, 4) is 5.75 Å². The Morgan fingerprint density at radius 1 is 1.22 bits per heavy atom. The minimum atomic E-state index is -4.83. The van der Waals surface area contributed by atoms with E-state index < -0.39 is 41.1 Å². The second-order valence-electron chi connectivity index (χ2n) is 9.41. The summed E-state index contributed by atoms with van der Waals surface area (Å²) in [7, 11) is 1.45. The number of hydrogen-bond donors (Lipinski definition) is 3. The van der Waals surface area contributed by atoms with E-state index in [4.69, 9.17) is 4.74 Å². The molecule has 3 N–H and O–H groups in total. The van der Waals surface area contributed by atoms with Crippen LogP contribution in [0, 0.1) is 18.7 Å². The van der Waals surface area contributed by atoms with Crippen LogP contribution in [0.4, 0.5) is 23.4 Å². The van der Waals surface area contributed by atoms with Crippen molar-refractivity contribution >= 4 is 22.7 Å². The number of rotatable bonds is 6. The minimum absolute atomic E-state index is 0.182. The lowest BCUT2D eigenvalue weighted by Crippen LogP contribution is -2.34. The number of anilines is 1. The van der Waals surface area contributed by atoms with Gasteiger partial charge in [-0.05, 0) is 51.7 Å². The number of alkyl halides is 3. The molecule has 1 aromatic heterocycles. The first kappa shape index (κ1) is 26.6. The Morgan fingerprint density at radius 2 is 1.89 bits per heavy atom. The van der Waals surface area contributed by atoms with E-state index in [2.05, 4.69) is 15.3 Å². The van der Waals surface area contributed by atoms with Gasteiger partial charge in [0.15, 0.2) is 0 Å². The topological polar surface area (TPSA) is 105 Å². The Balaban J connectivity index is 1.76. The molecule has 1 heterocycles. The van der Waals surface area contributed by atoms with Gasteiger partial charge in [0.1, 0.15) is 23.2 Å². The van der Waals surface area contributed by atoms with E-state index in [9.17, 15) is 32.6 Å². The molecule has 0 aliphatic heterocycles. The molecule has 0 bridgehead atoms. The van der Waals surface area contributed by atoms with Crippen molar-refractivity contribution in [2.24, 2.45) is 5.92 Å². The number of methoxy groups -OCH3 is 1. The summed E-state index contributed by atoms with van der Waals surface area (Å²) in [6, 6.07) is 5.49. The number of carboxylic acids is 1. The number of fused-ring (bicyclic) bond motifs is 1. The van der Waals surface area contributed by atoms with E-state index >= 15 is 0 Å². The van der Waals surface area contributed by atoms with Crippen molar-refractivity contribution in [2.45, 2.75) is 57.3 Å². The van der Waals surface area contributed by atoms with Crippen LogP contribution >= 0.6 is 0 Å². The number of carbonyl (C=O) groups is 1. The minimum Gasteiger partial charge on any atom is -0.496 e. The average molecular weight is 522 g/mol. The van der Waals surface area contributed by atoms with E-state index in [-0.39, 0.29) is 37.1 Å². The van der Waals surface area contributed by atoms with Crippen molar-refractivity contribution in [1.82, 2.24) is 9.97 Å². The summed E-state index contributed by atoms with van der Waals surface area (Å²) in [5.41, 5.74) is -2.01. The van der Waals surface area contributed by atoms with E-state index in [0.717, 1.165) is 6.07 Å². The maximum Gasteiger partial charge on any atom is 0.419 e. The summed E-state index contributed by atoms with van der Waals surface area (Å²) >= 11 is 0. The molecule has 3 aromatic rings. The fourth-order valence-corrected chi connectivity index (χ4v) is 4.91. The molecule has 0 spiro atoms. The number of carboxylic acid groups (broad SMARTS) is 1. The predicted molar refractivity (Wildman–Crippen MR) is 128 cm³/mol. The van der Waals surface area contributed by atoms with Crippen LogP contribution in [0.3, 0.4) is 0 Å². The number of aliphatic carboxylic acids is 1. The zero-order chi connectivity index (χ0) is 27.1. The highest BCUT2D eigenvalue weighted by molar-refractivity contribution is 5.91. The van der Waals surface area contributed by atoms with E-state index in [1.54, 1.807) is 19.1 Å². The van der Waals surface area contributed by atoms with Crippen molar-refractivity contribution in [1.29, 1.82) is 0 Å². The number of nitrogens with zero attached hydrogens (tertiary/aromatic N) is 2. The highest BCUT2D eigenvalue weighted by atomic mass is 19.4. The van der Waals surface area contributed by atoms with Crippen LogP contribution < -0.4 is 10.1 Å². The molecule has 4 rings (SSSR count). The Morgan fingerprint density at radius 3 is 2.49 bits per heavy atom. The van der Waals surface area contributed by atoms with Gasteiger partial charge in [-0.2, -0.15) is 13.2 Å². The maximum absolute atomic E-state index is 14.8. The first-order valence-corrected chi connectivity index (χ1v) is 11.8. The monoisotopic (exact) mass is 521 g/mol. The molecule has 7 nitrogen and oxygen atoms in total. The molecular formula is C26H27F4N3O4. The summed E-state index contributed by atoms with van der Waals surface area (Å²) in [5, 5.41) is 24.3. The lowest BCUT2D eigenvalue weighted by Gasteiger charge is -2.36. The smallest absolute Gasteiger partial charge is 0.419 e. The zero-order valence-corrected chi connectivity index (χ0v) is 20.5. The van der Waals surface area contributed by atoms with Crippen molar-refractivity contribution in [3.63, 3.8) is 0 Å². The molecule has 0 radical (unpaired) electrons. The molecule has 0 unspecified atom stereocenters. The van der Waals surface area contributed by atoms with Crippen LogP contribution in [-0.4, -0.2) is 33.3 Å². The summed E-state index contributed by atoms with van der Waals surface area (Å²) in [5.74, 6) is -1.83. The molecule has 1 fully saturated rings. The number of aliphatic hydroxyl groups is 1. The molecule has 198 valence electrons. The molecule has 11 heteroatoms. The van der Waals surface area contributed by atoms with Crippen LogP contribution in [0.25, 0.3) is 10.9 Å². The summed E-state index contributed by atoms with van der Waals surface area (Å²) < 4.78 is 60.0. The largest absolute Gasteiger partial charge is 0.496 e. The molecule has 0 saturated heterocycles. The summed E-state index contributed by atoms with van der Waals surface area (Å²) in [6.07, 6.45) is -3.86. The Kier molecular flexibility index (Phi) is 7.02. The normalized spacial score (nSPS) is 21.0. The fourth-order valence-electron chi connectivity index (χ4n) is 4.91. The Hall–Kier alpha value is -3.47. The van der Waals surface area contributed by atoms with Gasteiger partial charge in [-0.3, -0.25) is 4.79 Å². The van der Waals surface area contributed by atoms with Gasteiger partial charge < -0.3 is 20.3 Å². The molecule has 1 saturated carbocycles. The molecule has 1 atom stereocenters. The van der Waals surface area contributed by atoms with E-state index in [0.29, 0.717) is 34.1 Å². The maximum atomic E-state index is 14.8. The Labute approximate surface area is 210 Å².